The average Bonchev–Trinajstić information content (AvgIpc) is 3.78. The van der Waals surface area contributed by atoms with E-state index in [-0.39, 0.29) is 25.4 Å². The van der Waals surface area contributed by atoms with E-state index in [1.165, 1.54) is 6.08 Å². The number of fused-ring (bicyclic) bond motifs is 3. The number of carboxylic acid groups (broad SMARTS) is 1. The average molecular weight is 708 g/mol. The summed E-state index contributed by atoms with van der Waals surface area (Å²) in [6, 6.07) is -1.08. The summed E-state index contributed by atoms with van der Waals surface area (Å²) in [7, 11) is 0. The van der Waals surface area contributed by atoms with Crippen LogP contribution in [0.3, 0.4) is 0 Å². The lowest BCUT2D eigenvalue weighted by Gasteiger charge is -2.45. The standard InChI is InChI=1S/C36H53NO13/c1-3-4-12-23-13-10-8-6-5-7-9-11-14-24(48-35-33(42)31(37)32(41)21(2)46-35)18-28-30(34(43)44)25(39)20-36(45,50-28)19-22(38)17-27-26(49-27)15-16-29(40)47-23/h5-11,14-16,21-28,30-33,35,38-39,41-42,45H,3-4,12-13,17-20,37H2,1-2H3,(H,43,44)/b6-5+,9-7+,10-8-,14-11+,16-15+/t21-,22-,23-,24+,25+,26+,27+,28-,30+,31+,32-,33+,35+,36-/m1/s1. The van der Waals surface area contributed by atoms with Gasteiger partial charge in [0.1, 0.15) is 24.2 Å². The van der Waals surface area contributed by atoms with E-state index in [4.69, 9.17) is 29.4 Å². The number of carbonyl (C=O) groups excluding carboxylic acids is 1. The van der Waals surface area contributed by atoms with Gasteiger partial charge in [-0.25, -0.2) is 4.79 Å². The molecule has 3 fully saturated rings. The van der Waals surface area contributed by atoms with Crippen molar-refractivity contribution in [3.8, 4) is 0 Å². The second kappa shape index (κ2) is 18.6. The Morgan fingerprint density at radius 3 is 2.42 bits per heavy atom. The van der Waals surface area contributed by atoms with Gasteiger partial charge in [-0.15, -0.1) is 0 Å². The van der Waals surface area contributed by atoms with E-state index >= 15 is 0 Å². The van der Waals surface area contributed by atoms with Crippen molar-refractivity contribution in [3.63, 3.8) is 0 Å². The van der Waals surface area contributed by atoms with Gasteiger partial charge in [0.05, 0.1) is 48.8 Å². The van der Waals surface area contributed by atoms with E-state index in [2.05, 4.69) is 6.92 Å². The number of rotatable bonds is 6. The van der Waals surface area contributed by atoms with Gasteiger partial charge in [0.15, 0.2) is 12.1 Å². The van der Waals surface area contributed by atoms with Crippen LogP contribution in [0.15, 0.2) is 60.8 Å². The summed E-state index contributed by atoms with van der Waals surface area (Å²) in [4.78, 5) is 24.8. The number of esters is 1. The van der Waals surface area contributed by atoms with E-state index < -0.39 is 97.3 Å². The number of aliphatic hydroxyl groups excluding tert-OH is 4. The number of hydrogen-bond donors (Lipinski definition) is 7. The molecule has 4 rings (SSSR count). The van der Waals surface area contributed by atoms with Gasteiger partial charge in [-0.3, -0.25) is 4.79 Å². The minimum absolute atomic E-state index is 0.0816. The molecule has 0 saturated carbocycles. The highest BCUT2D eigenvalue weighted by Gasteiger charge is 2.51. The number of hydrogen-bond acceptors (Lipinski definition) is 13. The number of aliphatic carboxylic acids is 1. The topological polar surface area (TPSA) is 231 Å². The maximum absolute atomic E-state index is 12.5. The third-order valence-electron chi connectivity index (χ3n) is 9.35. The van der Waals surface area contributed by atoms with Crippen molar-refractivity contribution in [2.45, 2.75) is 144 Å². The van der Waals surface area contributed by atoms with Crippen molar-refractivity contribution in [1.29, 1.82) is 0 Å². The summed E-state index contributed by atoms with van der Waals surface area (Å²) in [5, 5.41) is 64.2. The zero-order chi connectivity index (χ0) is 36.4. The van der Waals surface area contributed by atoms with E-state index in [1.54, 1.807) is 43.4 Å². The molecule has 8 N–H and O–H groups in total. The zero-order valence-electron chi connectivity index (χ0n) is 28.6. The van der Waals surface area contributed by atoms with Gasteiger partial charge in [-0.2, -0.15) is 0 Å². The first-order chi connectivity index (χ1) is 23.8. The van der Waals surface area contributed by atoms with Crippen LogP contribution in [-0.4, -0.2) is 122 Å². The molecule has 3 saturated heterocycles. The second-order valence-corrected chi connectivity index (χ2v) is 13.5. The predicted octanol–water partition coefficient (Wildman–Crippen LogP) is 1.29. The SMILES string of the molecule is CCCC[C@@H]1C\C=C/C=C/C=C/C=C/[C@H](O[C@@H]2O[C@H](C)[C@@H](O)[C@H](N)[C@@H]2O)C[C@H]2O[C@](O)(C[C@H](O)C[C@@H]3O[C@H]3/C=C/C(=O)O1)C[C@H](O)[C@@H]2C(=O)O. The molecule has 4 aliphatic heterocycles. The molecule has 50 heavy (non-hydrogen) atoms. The quantitative estimate of drug-likeness (QED) is 0.152. The number of unbranched alkanes of at least 4 members (excludes halogenated alkanes) is 1. The van der Waals surface area contributed by atoms with Crippen LogP contribution >= 0.6 is 0 Å². The number of epoxide rings is 1. The number of cyclic esters (lactones) is 1. The number of aliphatic hydroxyl groups is 5. The summed E-state index contributed by atoms with van der Waals surface area (Å²) < 4.78 is 29.0. The Bertz CT molecular complexity index is 1270. The molecule has 14 nitrogen and oxygen atoms in total. The molecule has 14 atom stereocenters. The van der Waals surface area contributed by atoms with E-state index in [1.807, 2.05) is 18.2 Å². The van der Waals surface area contributed by atoms with Crippen LogP contribution in [0.2, 0.25) is 0 Å². The van der Waals surface area contributed by atoms with Gasteiger partial charge in [-0.1, -0.05) is 68.4 Å². The van der Waals surface area contributed by atoms with E-state index in [9.17, 15) is 40.2 Å². The second-order valence-electron chi connectivity index (χ2n) is 13.5. The molecule has 0 aliphatic carbocycles. The van der Waals surface area contributed by atoms with Crippen LogP contribution < -0.4 is 5.73 Å². The van der Waals surface area contributed by atoms with Gasteiger partial charge in [0, 0.05) is 38.2 Å². The summed E-state index contributed by atoms with van der Waals surface area (Å²) in [5.41, 5.74) is 6.00. The van der Waals surface area contributed by atoms with Gasteiger partial charge in [0.25, 0.3) is 0 Å². The third-order valence-corrected chi connectivity index (χ3v) is 9.35. The Morgan fingerprint density at radius 2 is 1.70 bits per heavy atom. The van der Waals surface area contributed by atoms with Crippen molar-refractivity contribution < 1.29 is 63.9 Å². The van der Waals surface area contributed by atoms with Gasteiger partial charge in [-0.05, 0) is 19.4 Å². The van der Waals surface area contributed by atoms with Gasteiger partial charge >= 0.3 is 11.9 Å². The van der Waals surface area contributed by atoms with Crippen LogP contribution in [-0.2, 0) is 33.3 Å². The lowest BCUT2D eigenvalue weighted by molar-refractivity contribution is -0.308. The van der Waals surface area contributed by atoms with E-state index in [0.29, 0.717) is 6.42 Å². The molecule has 280 valence electrons. The number of allylic oxidation sites excluding steroid dienone is 6. The summed E-state index contributed by atoms with van der Waals surface area (Å²) in [6.45, 7) is 3.64. The van der Waals surface area contributed by atoms with Gasteiger partial charge < -0.3 is 60.1 Å². The Kier molecular flexibility index (Phi) is 14.9. The van der Waals surface area contributed by atoms with Crippen LogP contribution in [0.25, 0.3) is 0 Å². The minimum atomic E-state index is -2.10. The van der Waals surface area contributed by atoms with Crippen LogP contribution in [0, 0.1) is 5.92 Å². The lowest BCUT2D eigenvalue weighted by Crippen LogP contribution is -2.61. The smallest absolute Gasteiger partial charge is 0.330 e. The van der Waals surface area contributed by atoms with Crippen LogP contribution in [0.1, 0.15) is 65.2 Å². The van der Waals surface area contributed by atoms with E-state index in [0.717, 1.165) is 19.3 Å². The minimum Gasteiger partial charge on any atom is -0.481 e. The molecule has 4 heterocycles. The number of ether oxygens (including phenoxy) is 5. The number of carboxylic acids is 1. The highest BCUT2D eigenvalue weighted by atomic mass is 16.7. The van der Waals surface area contributed by atoms with Gasteiger partial charge in [0.2, 0.25) is 0 Å². The molecule has 0 spiro atoms. The molecule has 0 radical (unpaired) electrons. The fourth-order valence-electron chi connectivity index (χ4n) is 6.54. The zero-order valence-corrected chi connectivity index (χ0v) is 28.6. The largest absolute Gasteiger partial charge is 0.481 e. The maximum atomic E-state index is 12.5. The first kappa shape index (κ1) is 40.0. The lowest BCUT2D eigenvalue weighted by atomic mass is 9.83. The molecule has 2 bridgehead atoms. The van der Waals surface area contributed by atoms with Crippen LogP contribution in [0.4, 0.5) is 0 Å². The predicted molar refractivity (Wildman–Crippen MR) is 179 cm³/mol. The summed E-state index contributed by atoms with van der Waals surface area (Å²) >= 11 is 0. The Balaban J connectivity index is 1.58. The Labute approximate surface area is 292 Å². The summed E-state index contributed by atoms with van der Waals surface area (Å²) in [6.07, 6.45) is 8.24. The van der Waals surface area contributed by atoms with Crippen LogP contribution in [0.5, 0.6) is 0 Å². The Morgan fingerprint density at radius 1 is 0.980 bits per heavy atom. The molecular formula is C36H53NO13. The maximum Gasteiger partial charge on any atom is 0.330 e. The fraction of sp³-hybridized carbons (Fsp3) is 0.667. The monoisotopic (exact) mass is 707 g/mol. The molecule has 14 heteroatoms. The first-order valence-corrected chi connectivity index (χ1v) is 17.4. The van der Waals surface area contributed by atoms with Crippen molar-refractivity contribution in [2.75, 3.05) is 0 Å². The molecule has 0 unspecified atom stereocenters. The third kappa shape index (κ3) is 11.6. The first-order valence-electron chi connectivity index (χ1n) is 17.4. The van der Waals surface area contributed by atoms with Crippen molar-refractivity contribution in [3.05, 3.63) is 60.8 Å². The fourth-order valence-corrected chi connectivity index (χ4v) is 6.54. The van der Waals surface area contributed by atoms with Crippen molar-refractivity contribution >= 4 is 11.9 Å². The number of carbonyl (C=O) groups is 2. The number of nitrogens with two attached hydrogens (primary N) is 1. The molecule has 0 aromatic carbocycles. The molecule has 0 aromatic rings. The molecule has 4 aliphatic rings. The normalized spacial score (nSPS) is 45.1. The Hall–Kier alpha value is -2.76. The summed E-state index contributed by atoms with van der Waals surface area (Å²) in [5.74, 6) is -5.41. The highest BCUT2D eigenvalue weighted by Crippen LogP contribution is 2.39. The molecule has 0 aromatic heterocycles. The molecule has 0 amide bonds. The highest BCUT2D eigenvalue weighted by molar-refractivity contribution is 5.82. The molecular weight excluding hydrogens is 654 g/mol. The van der Waals surface area contributed by atoms with Crippen molar-refractivity contribution in [1.82, 2.24) is 0 Å². The van der Waals surface area contributed by atoms with Crippen molar-refractivity contribution in [2.24, 2.45) is 11.7 Å².